The molecule has 0 aliphatic heterocycles. The monoisotopic (exact) mass is 634 g/mol. The van der Waals surface area contributed by atoms with Crippen molar-refractivity contribution in [3.05, 3.63) is 157 Å². The first-order chi connectivity index (χ1) is 23.8. The highest BCUT2D eigenvalue weighted by molar-refractivity contribution is 7.21. The predicted molar refractivity (Wildman–Crippen MR) is 201 cm³/mol. The standard InChI is InChI=1S/C43H30N4S/c1-2-30-39(28-16-5-3-6-17-28)45-42(46-40(30)29-18-7-4-8-19-29)33-21-10-13-26-37(33)47-36-25-12-9-20-31(36)32-22-15-23-34(41(32)47)43-44-35-24-11-14-27-38(35)48-43/h3-27H,2H2,1H3. The molecular weight excluding hydrogens is 605 g/mol. The van der Waals surface area contributed by atoms with E-state index in [0.29, 0.717) is 5.82 Å². The van der Waals surface area contributed by atoms with Crippen molar-refractivity contribution >= 4 is 43.4 Å². The van der Waals surface area contributed by atoms with Gasteiger partial charge in [0.15, 0.2) is 5.82 Å². The van der Waals surface area contributed by atoms with E-state index in [1.165, 1.54) is 15.5 Å². The second-order valence-electron chi connectivity index (χ2n) is 11.9. The van der Waals surface area contributed by atoms with Crippen molar-refractivity contribution in [2.45, 2.75) is 13.3 Å². The van der Waals surface area contributed by atoms with Gasteiger partial charge in [-0.05, 0) is 42.8 Å². The molecule has 0 saturated carbocycles. The molecule has 5 heteroatoms. The van der Waals surface area contributed by atoms with Gasteiger partial charge < -0.3 is 4.57 Å². The summed E-state index contributed by atoms with van der Waals surface area (Å²) in [5.74, 6) is 0.698. The summed E-state index contributed by atoms with van der Waals surface area (Å²) in [6.45, 7) is 2.19. The van der Waals surface area contributed by atoms with E-state index in [2.05, 4.69) is 163 Å². The van der Waals surface area contributed by atoms with Gasteiger partial charge in [0.25, 0.3) is 0 Å². The van der Waals surface area contributed by atoms with Gasteiger partial charge in [0.1, 0.15) is 5.01 Å². The molecule has 0 aliphatic carbocycles. The van der Waals surface area contributed by atoms with E-state index >= 15 is 0 Å². The molecule has 0 radical (unpaired) electrons. The number of fused-ring (bicyclic) bond motifs is 4. The minimum absolute atomic E-state index is 0.698. The van der Waals surface area contributed by atoms with Crippen LogP contribution in [0.1, 0.15) is 12.5 Å². The lowest BCUT2D eigenvalue weighted by atomic mass is 9.97. The Morgan fingerprint density at radius 1 is 0.542 bits per heavy atom. The van der Waals surface area contributed by atoms with Crippen molar-refractivity contribution in [2.24, 2.45) is 0 Å². The fraction of sp³-hybridized carbons (Fsp3) is 0.0465. The summed E-state index contributed by atoms with van der Waals surface area (Å²) in [5.41, 5.74) is 11.6. The third-order valence-electron chi connectivity index (χ3n) is 9.06. The van der Waals surface area contributed by atoms with Crippen LogP contribution in [0.25, 0.3) is 82.2 Å². The molecule has 0 saturated heterocycles. The van der Waals surface area contributed by atoms with Gasteiger partial charge in [-0.15, -0.1) is 11.3 Å². The number of hydrogen-bond donors (Lipinski definition) is 0. The van der Waals surface area contributed by atoms with Crippen LogP contribution in [0.4, 0.5) is 0 Å². The fourth-order valence-corrected chi connectivity index (χ4v) is 7.89. The zero-order chi connectivity index (χ0) is 32.0. The van der Waals surface area contributed by atoms with Gasteiger partial charge in [0, 0.05) is 38.6 Å². The summed E-state index contributed by atoms with van der Waals surface area (Å²) in [7, 11) is 0. The van der Waals surface area contributed by atoms with Crippen LogP contribution in [-0.4, -0.2) is 19.5 Å². The van der Waals surface area contributed by atoms with Crippen molar-refractivity contribution < 1.29 is 0 Å². The molecule has 3 aromatic heterocycles. The molecule has 6 aromatic carbocycles. The maximum absolute atomic E-state index is 5.38. The average molecular weight is 635 g/mol. The summed E-state index contributed by atoms with van der Waals surface area (Å²) in [6.07, 6.45) is 0.814. The number of thiazole rings is 1. The Morgan fingerprint density at radius 2 is 1.15 bits per heavy atom. The molecule has 0 aliphatic rings. The minimum Gasteiger partial charge on any atom is -0.308 e. The van der Waals surface area contributed by atoms with Crippen LogP contribution in [0, 0.1) is 0 Å². The second-order valence-corrected chi connectivity index (χ2v) is 12.9. The molecule has 9 rings (SSSR count). The van der Waals surface area contributed by atoms with Crippen LogP contribution in [0.5, 0.6) is 0 Å². The van der Waals surface area contributed by atoms with Crippen LogP contribution in [0.2, 0.25) is 0 Å². The van der Waals surface area contributed by atoms with Crippen LogP contribution >= 0.6 is 11.3 Å². The van der Waals surface area contributed by atoms with Gasteiger partial charge >= 0.3 is 0 Å². The largest absolute Gasteiger partial charge is 0.308 e. The first-order valence-electron chi connectivity index (χ1n) is 16.3. The fourth-order valence-electron chi connectivity index (χ4n) is 6.90. The van der Waals surface area contributed by atoms with E-state index in [0.717, 1.165) is 72.9 Å². The maximum atomic E-state index is 5.38. The van der Waals surface area contributed by atoms with Gasteiger partial charge in [-0.1, -0.05) is 122 Å². The summed E-state index contributed by atoms with van der Waals surface area (Å²) in [4.78, 5) is 15.9. The number of nitrogens with zero attached hydrogens (tertiary/aromatic N) is 4. The Hall–Kier alpha value is -5.91. The maximum Gasteiger partial charge on any atom is 0.162 e. The second kappa shape index (κ2) is 11.7. The van der Waals surface area contributed by atoms with Crippen molar-refractivity contribution in [2.75, 3.05) is 0 Å². The molecule has 0 atom stereocenters. The smallest absolute Gasteiger partial charge is 0.162 e. The van der Waals surface area contributed by atoms with Crippen LogP contribution < -0.4 is 0 Å². The first kappa shape index (κ1) is 28.3. The molecular formula is C43H30N4S. The molecule has 228 valence electrons. The molecule has 48 heavy (non-hydrogen) atoms. The van der Waals surface area contributed by atoms with Crippen molar-refractivity contribution in [1.82, 2.24) is 19.5 Å². The highest BCUT2D eigenvalue weighted by Gasteiger charge is 2.23. The molecule has 0 fully saturated rings. The van der Waals surface area contributed by atoms with E-state index in [1.54, 1.807) is 11.3 Å². The van der Waals surface area contributed by atoms with E-state index in [9.17, 15) is 0 Å². The van der Waals surface area contributed by atoms with Gasteiger partial charge in [0.2, 0.25) is 0 Å². The normalized spacial score (nSPS) is 11.5. The number of rotatable bonds is 6. The van der Waals surface area contributed by atoms with Gasteiger partial charge in [-0.25, -0.2) is 15.0 Å². The molecule has 3 heterocycles. The third-order valence-corrected chi connectivity index (χ3v) is 10.1. The Labute approximate surface area is 282 Å². The average Bonchev–Trinajstić information content (AvgIpc) is 3.75. The topological polar surface area (TPSA) is 43.6 Å². The summed E-state index contributed by atoms with van der Waals surface area (Å²) in [6, 6.07) is 53.1. The Bertz CT molecular complexity index is 2510. The predicted octanol–water partition coefficient (Wildman–Crippen LogP) is 11.4. The minimum atomic E-state index is 0.698. The zero-order valence-corrected chi connectivity index (χ0v) is 27.2. The molecule has 4 nitrogen and oxygen atoms in total. The van der Waals surface area contributed by atoms with Crippen molar-refractivity contribution in [1.29, 1.82) is 0 Å². The number of para-hydroxylation sites is 4. The first-order valence-corrected chi connectivity index (χ1v) is 17.1. The number of benzene rings is 6. The Balaban J connectivity index is 1.36. The van der Waals surface area contributed by atoms with Gasteiger partial charge in [-0.2, -0.15) is 0 Å². The summed E-state index contributed by atoms with van der Waals surface area (Å²) < 4.78 is 3.57. The molecule has 0 bridgehead atoms. The lowest BCUT2D eigenvalue weighted by molar-refractivity contribution is 1.06. The quantitative estimate of drug-likeness (QED) is 0.183. The highest BCUT2D eigenvalue weighted by Crippen LogP contribution is 2.42. The zero-order valence-electron chi connectivity index (χ0n) is 26.3. The highest BCUT2D eigenvalue weighted by atomic mass is 32.1. The van der Waals surface area contributed by atoms with Crippen LogP contribution in [0.3, 0.4) is 0 Å². The summed E-state index contributed by atoms with van der Waals surface area (Å²) >= 11 is 1.73. The van der Waals surface area contributed by atoms with Crippen molar-refractivity contribution in [3.63, 3.8) is 0 Å². The van der Waals surface area contributed by atoms with Crippen LogP contribution in [0.15, 0.2) is 152 Å². The van der Waals surface area contributed by atoms with E-state index in [4.69, 9.17) is 15.0 Å². The lowest BCUT2D eigenvalue weighted by Crippen LogP contribution is -2.05. The number of hydrogen-bond acceptors (Lipinski definition) is 4. The van der Waals surface area contributed by atoms with E-state index < -0.39 is 0 Å². The molecule has 0 N–H and O–H groups in total. The van der Waals surface area contributed by atoms with Crippen LogP contribution in [-0.2, 0) is 6.42 Å². The van der Waals surface area contributed by atoms with E-state index in [-0.39, 0.29) is 0 Å². The third kappa shape index (κ3) is 4.62. The Morgan fingerprint density at radius 3 is 1.88 bits per heavy atom. The molecule has 0 unspecified atom stereocenters. The SMILES string of the molecule is CCc1c(-c2ccccc2)nc(-c2ccccc2-n2c3ccccc3c3cccc(-c4nc5ccccc5s4)c32)nc1-c1ccccc1. The molecule has 0 spiro atoms. The van der Waals surface area contributed by atoms with E-state index in [1.807, 2.05) is 0 Å². The molecule has 9 aromatic rings. The van der Waals surface area contributed by atoms with Gasteiger partial charge in [0.05, 0.1) is 38.3 Å². The Kier molecular flexibility index (Phi) is 6.91. The number of aromatic nitrogens is 4. The molecule has 0 amide bonds. The van der Waals surface area contributed by atoms with Gasteiger partial charge in [-0.3, -0.25) is 0 Å². The van der Waals surface area contributed by atoms with Crippen molar-refractivity contribution in [3.8, 4) is 50.2 Å². The summed E-state index contributed by atoms with van der Waals surface area (Å²) in [5, 5.41) is 3.39. The lowest BCUT2D eigenvalue weighted by Gasteiger charge is -2.18.